The zero-order valence-corrected chi connectivity index (χ0v) is 12.7. The number of likely N-dealkylation sites (tertiary alicyclic amines) is 1. The Morgan fingerprint density at radius 1 is 1.35 bits per heavy atom. The fourth-order valence-electron chi connectivity index (χ4n) is 2.68. The van der Waals surface area contributed by atoms with Gasteiger partial charge in [-0.25, -0.2) is 0 Å². The predicted octanol–water partition coefficient (Wildman–Crippen LogP) is 3.61. The maximum Gasteiger partial charge on any atom is 0.303 e. The Hall–Kier alpha value is -0.840. The highest BCUT2D eigenvalue weighted by atomic mass is 35.5. The molecule has 1 aliphatic rings. The molecule has 0 bridgehead atoms. The summed E-state index contributed by atoms with van der Waals surface area (Å²) in [5, 5.41) is 9.98. The lowest BCUT2D eigenvalue weighted by molar-refractivity contribution is -0.137. The van der Waals surface area contributed by atoms with Crippen LogP contribution in [-0.4, -0.2) is 33.5 Å². The molecular weight excluding hydrogens is 299 g/mol. The van der Waals surface area contributed by atoms with Crippen molar-refractivity contribution in [2.75, 3.05) is 6.54 Å². The van der Waals surface area contributed by atoms with Crippen molar-refractivity contribution in [3.63, 3.8) is 0 Å². The van der Waals surface area contributed by atoms with Crippen LogP contribution in [0, 0.1) is 0 Å². The average Bonchev–Trinajstić information content (AvgIpc) is 2.42. The molecule has 0 amide bonds. The summed E-state index contributed by atoms with van der Waals surface area (Å²) in [6.07, 6.45) is 7.39. The molecule has 0 spiro atoms. The summed E-state index contributed by atoms with van der Waals surface area (Å²) in [4.78, 5) is 17.0. The number of aromatic nitrogens is 1. The van der Waals surface area contributed by atoms with E-state index in [1.165, 1.54) is 0 Å². The van der Waals surface area contributed by atoms with E-state index in [0.717, 1.165) is 31.4 Å². The largest absolute Gasteiger partial charge is 0.481 e. The Balaban J connectivity index is 2.06. The van der Waals surface area contributed by atoms with E-state index in [4.69, 9.17) is 28.3 Å². The molecule has 1 atom stereocenters. The lowest BCUT2D eigenvalue weighted by Gasteiger charge is -2.36. The minimum atomic E-state index is -0.740. The normalized spacial score (nSPS) is 20.0. The molecule has 0 saturated carbocycles. The van der Waals surface area contributed by atoms with E-state index in [0.29, 0.717) is 29.1 Å². The van der Waals surface area contributed by atoms with Gasteiger partial charge in [-0.1, -0.05) is 29.6 Å². The first kappa shape index (κ1) is 15.5. The van der Waals surface area contributed by atoms with Gasteiger partial charge in [-0.3, -0.25) is 14.7 Å². The molecule has 6 heteroatoms. The molecule has 2 heterocycles. The molecule has 110 valence electrons. The van der Waals surface area contributed by atoms with Crippen molar-refractivity contribution in [2.45, 2.75) is 44.7 Å². The summed E-state index contributed by atoms with van der Waals surface area (Å²) in [6.45, 7) is 1.61. The van der Waals surface area contributed by atoms with Crippen LogP contribution in [0.15, 0.2) is 12.4 Å². The Morgan fingerprint density at radius 2 is 2.05 bits per heavy atom. The summed E-state index contributed by atoms with van der Waals surface area (Å²) >= 11 is 12.3. The fourth-order valence-corrected chi connectivity index (χ4v) is 3.16. The van der Waals surface area contributed by atoms with Crippen LogP contribution in [-0.2, 0) is 11.3 Å². The van der Waals surface area contributed by atoms with E-state index in [1.807, 2.05) is 0 Å². The van der Waals surface area contributed by atoms with Gasteiger partial charge in [0.05, 0.1) is 10.0 Å². The Bertz CT molecular complexity index is 462. The number of carbonyl (C=O) groups is 1. The zero-order chi connectivity index (χ0) is 14.5. The van der Waals surface area contributed by atoms with Crippen LogP contribution in [0.3, 0.4) is 0 Å². The predicted molar refractivity (Wildman–Crippen MR) is 79.2 cm³/mol. The van der Waals surface area contributed by atoms with Crippen molar-refractivity contribution in [3.8, 4) is 0 Å². The monoisotopic (exact) mass is 316 g/mol. The molecule has 0 radical (unpaired) electrons. The summed E-state index contributed by atoms with van der Waals surface area (Å²) in [5.74, 6) is -0.740. The van der Waals surface area contributed by atoms with Gasteiger partial charge in [-0.2, -0.15) is 0 Å². The van der Waals surface area contributed by atoms with Crippen LogP contribution in [0.5, 0.6) is 0 Å². The zero-order valence-electron chi connectivity index (χ0n) is 11.2. The fraction of sp³-hybridized carbons (Fsp3) is 0.571. The minimum Gasteiger partial charge on any atom is -0.481 e. The van der Waals surface area contributed by atoms with Crippen LogP contribution in [0.1, 0.15) is 37.7 Å². The minimum absolute atomic E-state index is 0.207. The van der Waals surface area contributed by atoms with Gasteiger partial charge < -0.3 is 5.11 Å². The lowest BCUT2D eigenvalue weighted by atomic mass is 9.97. The highest BCUT2D eigenvalue weighted by molar-refractivity contribution is 6.35. The van der Waals surface area contributed by atoms with Gasteiger partial charge in [0.15, 0.2) is 0 Å². The third kappa shape index (κ3) is 4.08. The number of carboxylic acid groups (broad SMARTS) is 1. The maximum atomic E-state index is 10.7. The smallest absolute Gasteiger partial charge is 0.303 e. The lowest BCUT2D eigenvalue weighted by Crippen LogP contribution is -2.39. The van der Waals surface area contributed by atoms with E-state index >= 15 is 0 Å². The second-order valence-electron chi connectivity index (χ2n) is 5.13. The second kappa shape index (κ2) is 7.25. The van der Waals surface area contributed by atoms with Crippen LogP contribution >= 0.6 is 23.2 Å². The molecule has 0 aliphatic carbocycles. The van der Waals surface area contributed by atoms with Crippen molar-refractivity contribution < 1.29 is 9.90 Å². The third-order valence-corrected chi connectivity index (χ3v) is 4.41. The number of nitrogens with zero attached hydrogens (tertiary/aromatic N) is 2. The number of carboxylic acids is 1. The quantitative estimate of drug-likeness (QED) is 0.901. The average molecular weight is 317 g/mol. The molecule has 2 rings (SSSR count). The van der Waals surface area contributed by atoms with E-state index in [9.17, 15) is 4.79 Å². The number of pyridine rings is 1. The summed E-state index contributed by atoms with van der Waals surface area (Å²) in [6, 6.07) is 0.292. The van der Waals surface area contributed by atoms with Crippen LogP contribution in [0.4, 0.5) is 0 Å². The highest BCUT2D eigenvalue weighted by Gasteiger charge is 2.24. The Kier molecular flexibility index (Phi) is 5.64. The summed E-state index contributed by atoms with van der Waals surface area (Å²) < 4.78 is 0. The van der Waals surface area contributed by atoms with E-state index in [1.54, 1.807) is 12.4 Å². The van der Waals surface area contributed by atoms with Crippen molar-refractivity contribution in [1.82, 2.24) is 9.88 Å². The standard InChI is InChI=1S/C14H18Cl2N2O2/c15-12-7-17-8-13(16)11(12)9-18-6-2-1-3-10(18)4-5-14(19)20/h7-8,10H,1-6,9H2,(H,19,20)/t10-/m0/s1. The first-order valence-electron chi connectivity index (χ1n) is 6.81. The molecule has 1 aromatic heterocycles. The second-order valence-corrected chi connectivity index (χ2v) is 5.95. The Labute approximate surface area is 128 Å². The first-order valence-corrected chi connectivity index (χ1v) is 7.57. The van der Waals surface area contributed by atoms with Gasteiger partial charge in [-0.15, -0.1) is 0 Å². The SMILES string of the molecule is O=C(O)CC[C@@H]1CCCCN1Cc1c(Cl)cncc1Cl. The summed E-state index contributed by atoms with van der Waals surface area (Å²) in [5.41, 5.74) is 0.880. The molecule has 20 heavy (non-hydrogen) atoms. The molecule has 1 N–H and O–H groups in total. The molecule has 0 aromatic carbocycles. The number of hydrogen-bond acceptors (Lipinski definition) is 3. The van der Waals surface area contributed by atoms with Crippen LogP contribution < -0.4 is 0 Å². The van der Waals surface area contributed by atoms with Gasteiger partial charge in [0.2, 0.25) is 0 Å². The number of hydrogen-bond donors (Lipinski definition) is 1. The molecule has 1 fully saturated rings. The first-order chi connectivity index (χ1) is 9.58. The molecule has 1 aliphatic heterocycles. The van der Waals surface area contributed by atoms with Gasteiger partial charge in [0.1, 0.15) is 0 Å². The third-order valence-electron chi connectivity index (χ3n) is 3.75. The molecule has 0 unspecified atom stereocenters. The molecule has 1 aromatic rings. The van der Waals surface area contributed by atoms with E-state index in [2.05, 4.69) is 9.88 Å². The van der Waals surface area contributed by atoms with E-state index in [-0.39, 0.29) is 6.42 Å². The molecular formula is C14H18Cl2N2O2. The molecule has 1 saturated heterocycles. The summed E-state index contributed by atoms with van der Waals surface area (Å²) in [7, 11) is 0. The van der Waals surface area contributed by atoms with E-state index < -0.39 is 5.97 Å². The van der Waals surface area contributed by atoms with Crippen molar-refractivity contribution >= 4 is 29.2 Å². The Morgan fingerprint density at radius 3 is 2.70 bits per heavy atom. The molecule has 4 nitrogen and oxygen atoms in total. The maximum absolute atomic E-state index is 10.7. The number of piperidine rings is 1. The van der Waals surface area contributed by atoms with Crippen molar-refractivity contribution in [2.24, 2.45) is 0 Å². The van der Waals surface area contributed by atoms with Crippen LogP contribution in [0.2, 0.25) is 10.0 Å². The van der Waals surface area contributed by atoms with Crippen molar-refractivity contribution in [3.05, 3.63) is 28.0 Å². The number of aliphatic carboxylic acids is 1. The van der Waals surface area contributed by atoms with Crippen molar-refractivity contribution in [1.29, 1.82) is 0 Å². The van der Waals surface area contributed by atoms with Gasteiger partial charge >= 0.3 is 5.97 Å². The number of halogens is 2. The van der Waals surface area contributed by atoms with Gasteiger partial charge in [0.25, 0.3) is 0 Å². The van der Waals surface area contributed by atoms with Gasteiger partial charge in [0, 0.05) is 37.0 Å². The highest BCUT2D eigenvalue weighted by Crippen LogP contribution is 2.28. The number of rotatable bonds is 5. The van der Waals surface area contributed by atoms with Gasteiger partial charge in [-0.05, 0) is 25.8 Å². The topological polar surface area (TPSA) is 53.4 Å². The van der Waals surface area contributed by atoms with Crippen LogP contribution in [0.25, 0.3) is 0 Å².